The van der Waals surface area contributed by atoms with Gasteiger partial charge in [-0.2, -0.15) is 0 Å². The summed E-state index contributed by atoms with van der Waals surface area (Å²) in [4.78, 5) is 5.04. The minimum Gasteiger partial charge on any atom is -0.399 e. The highest BCUT2D eigenvalue weighted by Gasteiger charge is 2.26. The molecule has 0 aliphatic carbocycles. The van der Waals surface area contributed by atoms with E-state index in [0.29, 0.717) is 0 Å². The summed E-state index contributed by atoms with van der Waals surface area (Å²) in [6.07, 6.45) is 6.48. The number of nitrogens with two attached hydrogens (primary N) is 1. The highest BCUT2D eigenvalue weighted by atomic mass is 16.5. The molecule has 0 amide bonds. The van der Waals surface area contributed by atoms with E-state index in [1.165, 1.54) is 18.5 Å². The molecule has 3 aliphatic rings. The van der Waals surface area contributed by atoms with Gasteiger partial charge in [-0.3, -0.25) is 4.90 Å². The van der Waals surface area contributed by atoms with Gasteiger partial charge in [0.15, 0.2) is 0 Å². The second kappa shape index (κ2) is 5.84. The predicted molar refractivity (Wildman–Crippen MR) is 75.3 cm³/mol. The van der Waals surface area contributed by atoms with E-state index in [1.54, 1.807) is 0 Å². The topological polar surface area (TPSA) is 53.8 Å². The zero-order valence-corrected chi connectivity index (χ0v) is 11.5. The van der Waals surface area contributed by atoms with Gasteiger partial charge in [-0.1, -0.05) is 0 Å². The third kappa shape index (κ3) is 2.87. The molecule has 3 rings (SSSR count). The second-order valence-electron chi connectivity index (χ2n) is 5.49. The van der Waals surface area contributed by atoms with E-state index in [2.05, 4.69) is 21.2 Å². The molecule has 0 aromatic heterocycles. The van der Waals surface area contributed by atoms with Crippen molar-refractivity contribution in [3.8, 4) is 0 Å². The Morgan fingerprint density at radius 2 is 1.89 bits per heavy atom. The van der Waals surface area contributed by atoms with Gasteiger partial charge >= 0.3 is 0 Å². The normalized spacial score (nSPS) is 26.6. The number of allylic oxidation sites excluding steroid dienone is 1. The molecule has 3 aliphatic heterocycles. The van der Waals surface area contributed by atoms with Crippen molar-refractivity contribution in [1.29, 1.82) is 0 Å². The zero-order chi connectivity index (χ0) is 13.1. The highest BCUT2D eigenvalue weighted by molar-refractivity contribution is 5.27. The first-order chi connectivity index (χ1) is 9.34. The smallest absolute Gasteiger partial charge is 0.0590 e. The first kappa shape index (κ1) is 12.8. The summed E-state index contributed by atoms with van der Waals surface area (Å²) in [6, 6.07) is 0.728. The summed E-state index contributed by atoms with van der Waals surface area (Å²) in [5, 5.41) is 3.15. The van der Waals surface area contributed by atoms with Crippen LogP contribution in [0.2, 0.25) is 0 Å². The summed E-state index contributed by atoms with van der Waals surface area (Å²) >= 11 is 0. The van der Waals surface area contributed by atoms with Crippen LogP contribution in [-0.4, -0.2) is 61.8 Å². The van der Waals surface area contributed by atoms with Gasteiger partial charge in [-0.15, -0.1) is 0 Å². The standard InChI is InChI=1S/C14H24N4O/c15-13-11-16-4-1-14(13)18-7-5-17(6-8-18)12-2-9-19-10-3-12/h1,4,12,16H,2-3,5-11,15H2. The van der Waals surface area contributed by atoms with Crippen LogP contribution < -0.4 is 11.1 Å². The van der Waals surface area contributed by atoms with Crippen molar-refractivity contribution in [2.45, 2.75) is 18.9 Å². The maximum absolute atomic E-state index is 6.08. The number of nitrogens with one attached hydrogen (secondary N) is 1. The molecule has 0 spiro atoms. The predicted octanol–water partition coefficient (Wildman–Crippen LogP) is 0.0702. The molecule has 2 saturated heterocycles. The Morgan fingerprint density at radius 1 is 1.16 bits per heavy atom. The number of dihydropyridines is 1. The van der Waals surface area contributed by atoms with Crippen molar-refractivity contribution in [3.63, 3.8) is 0 Å². The lowest BCUT2D eigenvalue weighted by Crippen LogP contribution is -2.51. The zero-order valence-electron chi connectivity index (χ0n) is 11.5. The molecule has 0 unspecified atom stereocenters. The van der Waals surface area contributed by atoms with Crippen molar-refractivity contribution in [2.75, 3.05) is 45.9 Å². The Hall–Kier alpha value is -1.20. The van der Waals surface area contributed by atoms with Crippen LogP contribution in [0.1, 0.15) is 12.8 Å². The number of rotatable bonds is 2. The lowest BCUT2D eigenvalue weighted by atomic mass is 10.1. The highest BCUT2D eigenvalue weighted by Crippen LogP contribution is 2.19. The third-order valence-corrected chi connectivity index (χ3v) is 4.34. The quantitative estimate of drug-likeness (QED) is 0.739. The summed E-state index contributed by atoms with van der Waals surface area (Å²) < 4.78 is 5.44. The molecule has 0 saturated carbocycles. The van der Waals surface area contributed by atoms with Crippen molar-refractivity contribution in [1.82, 2.24) is 15.1 Å². The first-order valence-electron chi connectivity index (χ1n) is 7.30. The van der Waals surface area contributed by atoms with Crippen LogP contribution in [0.5, 0.6) is 0 Å². The Kier molecular flexibility index (Phi) is 3.94. The number of hydrogen-bond donors (Lipinski definition) is 2. The molecular weight excluding hydrogens is 240 g/mol. The molecule has 19 heavy (non-hydrogen) atoms. The first-order valence-corrected chi connectivity index (χ1v) is 7.30. The van der Waals surface area contributed by atoms with E-state index in [9.17, 15) is 0 Å². The maximum Gasteiger partial charge on any atom is 0.0590 e. The molecule has 2 fully saturated rings. The van der Waals surface area contributed by atoms with E-state index >= 15 is 0 Å². The monoisotopic (exact) mass is 264 g/mol. The van der Waals surface area contributed by atoms with Gasteiger partial charge in [-0.05, 0) is 25.1 Å². The summed E-state index contributed by atoms with van der Waals surface area (Å²) in [7, 11) is 0. The lowest BCUT2D eigenvalue weighted by molar-refractivity contribution is 0.0185. The third-order valence-electron chi connectivity index (χ3n) is 4.34. The second-order valence-corrected chi connectivity index (χ2v) is 5.49. The van der Waals surface area contributed by atoms with Crippen LogP contribution in [0.15, 0.2) is 23.7 Å². The minimum absolute atomic E-state index is 0.728. The van der Waals surface area contributed by atoms with E-state index in [1.807, 2.05) is 6.20 Å². The van der Waals surface area contributed by atoms with Gasteiger partial charge < -0.3 is 20.7 Å². The molecule has 106 valence electrons. The van der Waals surface area contributed by atoms with Crippen molar-refractivity contribution in [3.05, 3.63) is 23.7 Å². The molecule has 0 aromatic rings. The van der Waals surface area contributed by atoms with Gasteiger partial charge in [0.05, 0.1) is 17.9 Å². The molecule has 3 heterocycles. The van der Waals surface area contributed by atoms with Gasteiger partial charge in [0.1, 0.15) is 0 Å². The average molecular weight is 264 g/mol. The van der Waals surface area contributed by atoms with Crippen molar-refractivity contribution < 1.29 is 4.74 Å². The van der Waals surface area contributed by atoms with Crippen LogP contribution in [0.25, 0.3) is 0 Å². The van der Waals surface area contributed by atoms with Gasteiger partial charge in [0.2, 0.25) is 0 Å². The minimum atomic E-state index is 0.728. The lowest BCUT2D eigenvalue weighted by Gasteiger charge is -2.42. The maximum atomic E-state index is 6.08. The Morgan fingerprint density at radius 3 is 2.58 bits per heavy atom. The van der Waals surface area contributed by atoms with E-state index in [4.69, 9.17) is 10.5 Å². The van der Waals surface area contributed by atoms with Crippen molar-refractivity contribution >= 4 is 0 Å². The Bertz CT molecular complexity index is 366. The van der Waals surface area contributed by atoms with E-state index < -0.39 is 0 Å². The molecule has 5 nitrogen and oxygen atoms in total. The number of hydrogen-bond acceptors (Lipinski definition) is 5. The molecule has 3 N–H and O–H groups in total. The van der Waals surface area contributed by atoms with Gasteiger partial charge in [0.25, 0.3) is 0 Å². The van der Waals surface area contributed by atoms with Crippen LogP contribution >= 0.6 is 0 Å². The van der Waals surface area contributed by atoms with Crippen molar-refractivity contribution in [2.24, 2.45) is 5.73 Å². The molecule has 0 aromatic carbocycles. The van der Waals surface area contributed by atoms with Crippen LogP contribution in [0.4, 0.5) is 0 Å². The van der Waals surface area contributed by atoms with Gasteiger partial charge in [0, 0.05) is 45.4 Å². The largest absolute Gasteiger partial charge is 0.399 e. The number of ether oxygens (including phenoxy) is 1. The van der Waals surface area contributed by atoms with Crippen LogP contribution in [0, 0.1) is 0 Å². The van der Waals surface area contributed by atoms with E-state index in [0.717, 1.165) is 57.7 Å². The molecule has 0 atom stereocenters. The fraction of sp³-hybridized carbons (Fsp3) is 0.714. The fourth-order valence-electron chi connectivity index (χ4n) is 3.19. The van der Waals surface area contributed by atoms with Crippen LogP contribution in [0.3, 0.4) is 0 Å². The van der Waals surface area contributed by atoms with Gasteiger partial charge in [-0.25, -0.2) is 0 Å². The fourth-order valence-corrected chi connectivity index (χ4v) is 3.19. The van der Waals surface area contributed by atoms with E-state index in [-0.39, 0.29) is 0 Å². The number of piperazine rings is 1. The molecule has 0 bridgehead atoms. The summed E-state index contributed by atoms with van der Waals surface area (Å²) in [5.74, 6) is 0. The number of nitrogens with zero attached hydrogens (tertiary/aromatic N) is 2. The SMILES string of the molecule is NC1=C(N2CCN(C3CCOCC3)CC2)C=CNC1. The molecular formula is C14H24N4O. The summed E-state index contributed by atoms with van der Waals surface area (Å²) in [6.45, 7) is 7.07. The molecule has 5 heteroatoms. The molecule has 0 radical (unpaired) electrons. The Labute approximate surface area is 115 Å². The summed E-state index contributed by atoms with van der Waals surface area (Å²) in [5.41, 5.74) is 8.25. The van der Waals surface area contributed by atoms with Crippen LogP contribution in [-0.2, 0) is 4.74 Å². The average Bonchev–Trinajstić information content (AvgIpc) is 2.49. The Balaban J connectivity index is 1.55.